The summed E-state index contributed by atoms with van der Waals surface area (Å²) in [6.45, 7) is 1.08. The summed E-state index contributed by atoms with van der Waals surface area (Å²) in [6.07, 6.45) is 6.36. The maximum atomic E-state index is 13.0. The Bertz CT molecular complexity index is 942. The summed E-state index contributed by atoms with van der Waals surface area (Å²) in [5, 5.41) is 0.321. The Morgan fingerprint density at radius 3 is 2.20 bits per heavy atom. The second kappa shape index (κ2) is 8.08. The van der Waals surface area contributed by atoms with Gasteiger partial charge in [0.05, 0.1) is 14.9 Å². The van der Waals surface area contributed by atoms with Gasteiger partial charge >= 0.3 is 5.97 Å². The van der Waals surface area contributed by atoms with Gasteiger partial charge in [-0.05, 0) is 81.4 Å². The Labute approximate surface area is 186 Å². The number of esters is 1. The predicted octanol–water partition coefficient (Wildman–Crippen LogP) is 3.99. The molecule has 0 heterocycles. The van der Waals surface area contributed by atoms with Crippen molar-refractivity contribution in [2.24, 2.45) is 23.2 Å². The molecule has 30 heavy (non-hydrogen) atoms. The zero-order chi connectivity index (χ0) is 21.7. The number of carbonyl (C=O) groups is 2. The highest BCUT2D eigenvalue weighted by molar-refractivity contribution is 7.89. The number of halogens is 2. The molecule has 4 aliphatic rings. The van der Waals surface area contributed by atoms with Crippen molar-refractivity contribution in [3.63, 3.8) is 0 Å². The third-order valence-electron chi connectivity index (χ3n) is 6.86. The lowest BCUT2D eigenvalue weighted by atomic mass is 9.48. The number of Topliss-reactive ketones (excluding diaryl/α,β-unsaturated/α-hetero) is 1. The van der Waals surface area contributed by atoms with E-state index in [1.54, 1.807) is 0 Å². The molecule has 0 radical (unpaired) electrons. The zero-order valence-corrected chi connectivity index (χ0v) is 19.0. The van der Waals surface area contributed by atoms with Crippen LogP contribution in [0.2, 0.25) is 10.0 Å². The fourth-order valence-electron chi connectivity index (χ4n) is 5.86. The van der Waals surface area contributed by atoms with Crippen LogP contribution in [0.3, 0.4) is 0 Å². The standard InChI is InChI=1S/C21H25Cl2NO5S/c1-12(24-30(27,28)16-2-3-17(22)18(23)7-16)20(26)29-11-19(25)21-8-13-4-14(9-21)6-15(5-13)10-21/h2-3,7,12-15,24H,4-6,8-11H2,1H3. The molecular weight excluding hydrogens is 449 g/mol. The molecule has 5 rings (SSSR count). The Morgan fingerprint density at radius 1 is 1.10 bits per heavy atom. The van der Waals surface area contributed by atoms with Gasteiger partial charge in [0, 0.05) is 5.41 Å². The first-order chi connectivity index (χ1) is 14.1. The van der Waals surface area contributed by atoms with Crippen LogP contribution in [0.5, 0.6) is 0 Å². The minimum Gasteiger partial charge on any atom is -0.456 e. The molecule has 1 aromatic rings. The van der Waals surface area contributed by atoms with E-state index < -0.39 is 22.0 Å². The van der Waals surface area contributed by atoms with E-state index in [-0.39, 0.29) is 32.7 Å². The fourth-order valence-corrected chi connectivity index (χ4v) is 7.44. The summed E-state index contributed by atoms with van der Waals surface area (Å²) in [5.41, 5.74) is -0.349. The topological polar surface area (TPSA) is 89.5 Å². The van der Waals surface area contributed by atoms with E-state index in [9.17, 15) is 18.0 Å². The van der Waals surface area contributed by atoms with E-state index in [0.717, 1.165) is 19.3 Å². The highest BCUT2D eigenvalue weighted by Crippen LogP contribution is 2.60. The number of benzene rings is 1. The highest BCUT2D eigenvalue weighted by Gasteiger charge is 2.54. The van der Waals surface area contributed by atoms with Crippen LogP contribution in [0.4, 0.5) is 0 Å². The van der Waals surface area contributed by atoms with Crippen molar-refractivity contribution in [2.75, 3.05) is 6.61 Å². The summed E-state index contributed by atoms with van der Waals surface area (Å²) in [7, 11) is -4.00. The first kappa shape index (κ1) is 22.1. The van der Waals surface area contributed by atoms with Gasteiger partial charge in [0.1, 0.15) is 6.04 Å². The SMILES string of the molecule is CC(NS(=O)(=O)c1ccc(Cl)c(Cl)c1)C(=O)OCC(=O)C12CC3CC(CC(C3)C1)C2. The third kappa shape index (κ3) is 4.27. The average molecular weight is 474 g/mol. The highest BCUT2D eigenvalue weighted by atomic mass is 35.5. The molecule has 4 fully saturated rings. The molecule has 9 heteroatoms. The quantitative estimate of drug-likeness (QED) is 0.604. The molecule has 0 aromatic heterocycles. The molecule has 164 valence electrons. The van der Waals surface area contributed by atoms with Gasteiger partial charge in [-0.15, -0.1) is 0 Å². The van der Waals surface area contributed by atoms with Gasteiger partial charge in [-0.1, -0.05) is 23.2 Å². The van der Waals surface area contributed by atoms with Gasteiger partial charge in [-0.25, -0.2) is 8.42 Å². The predicted molar refractivity (Wildman–Crippen MR) is 113 cm³/mol. The Morgan fingerprint density at radius 2 is 1.67 bits per heavy atom. The van der Waals surface area contributed by atoms with E-state index in [0.29, 0.717) is 17.8 Å². The number of hydrogen-bond donors (Lipinski definition) is 1. The number of hydrogen-bond acceptors (Lipinski definition) is 5. The van der Waals surface area contributed by atoms with Crippen LogP contribution in [0.25, 0.3) is 0 Å². The molecule has 6 nitrogen and oxygen atoms in total. The molecule has 4 bridgehead atoms. The number of nitrogens with one attached hydrogen (secondary N) is 1. The minimum absolute atomic E-state index is 0.0190. The molecule has 1 N–H and O–H groups in total. The third-order valence-corrected chi connectivity index (χ3v) is 9.14. The van der Waals surface area contributed by atoms with Crippen molar-refractivity contribution in [3.05, 3.63) is 28.2 Å². The van der Waals surface area contributed by atoms with Crippen LogP contribution in [0, 0.1) is 23.2 Å². The Balaban J connectivity index is 1.35. The number of rotatable bonds is 7. The van der Waals surface area contributed by atoms with E-state index in [1.807, 2.05) is 0 Å². The van der Waals surface area contributed by atoms with Gasteiger partial charge in [-0.3, -0.25) is 9.59 Å². The minimum atomic E-state index is -4.00. The summed E-state index contributed by atoms with van der Waals surface area (Å²) in [4.78, 5) is 25.2. The molecule has 0 spiro atoms. The van der Waals surface area contributed by atoms with Gasteiger partial charge in [0.25, 0.3) is 0 Å². The fraction of sp³-hybridized carbons (Fsp3) is 0.619. The summed E-state index contributed by atoms with van der Waals surface area (Å²) < 4.78 is 32.5. The van der Waals surface area contributed by atoms with Crippen molar-refractivity contribution in [1.29, 1.82) is 0 Å². The summed E-state index contributed by atoms with van der Waals surface area (Å²) in [6, 6.07) is 2.73. The van der Waals surface area contributed by atoms with Crippen molar-refractivity contribution < 1.29 is 22.7 Å². The van der Waals surface area contributed by atoms with E-state index in [1.165, 1.54) is 44.4 Å². The number of ether oxygens (including phenoxy) is 1. The largest absolute Gasteiger partial charge is 0.456 e. The number of ketones is 1. The van der Waals surface area contributed by atoms with Crippen LogP contribution in [-0.4, -0.2) is 32.8 Å². The maximum Gasteiger partial charge on any atom is 0.324 e. The smallest absolute Gasteiger partial charge is 0.324 e. The number of sulfonamides is 1. The van der Waals surface area contributed by atoms with Crippen molar-refractivity contribution in [3.8, 4) is 0 Å². The van der Waals surface area contributed by atoms with Crippen LogP contribution in [0.1, 0.15) is 45.4 Å². The first-order valence-corrected chi connectivity index (χ1v) is 12.5. The lowest BCUT2D eigenvalue weighted by Gasteiger charge is -2.55. The molecule has 0 aliphatic heterocycles. The molecule has 1 unspecified atom stereocenters. The second-order valence-corrected chi connectivity index (χ2v) is 11.7. The lowest BCUT2D eigenvalue weighted by Crippen LogP contribution is -2.51. The monoisotopic (exact) mass is 473 g/mol. The second-order valence-electron chi connectivity index (χ2n) is 9.15. The van der Waals surface area contributed by atoms with Gasteiger partial charge in [0.2, 0.25) is 10.0 Å². The Kier molecular flexibility index (Phi) is 5.94. The van der Waals surface area contributed by atoms with Gasteiger partial charge < -0.3 is 4.74 Å². The Hall–Kier alpha value is -1.15. The van der Waals surface area contributed by atoms with Crippen molar-refractivity contribution >= 4 is 45.0 Å². The zero-order valence-electron chi connectivity index (χ0n) is 16.7. The molecule has 0 saturated heterocycles. The van der Waals surface area contributed by atoms with Gasteiger partial charge in [-0.2, -0.15) is 4.72 Å². The first-order valence-electron chi connectivity index (χ1n) is 10.3. The van der Waals surface area contributed by atoms with Gasteiger partial charge in [0.15, 0.2) is 12.4 Å². The van der Waals surface area contributed by atoms with E-state index in [2.05, 4.69) is 4.72 Å². The van der Waals surface area contributed by atoms with Crippen molar-refractivity contribution in [1.82, 2.24) is 4.72 Å². The van der Waals surface area contributed by atoms with E-state index >= 15 is 0 Å². The summed E-state index contributed by atoms with van der Waals surface area (Å²) in [5.74, 6) is 1.06. The number of carbonyl (C=O) groups excluding carboxylic acids is 2. The molecule has 1 aromatic carbocycles. The maximum absolute atomic E-state index is 13.0. The molecule has 4 aliphatic carbocycles. The summed E-state index contributed by atoms with van der Waals surface area (Å²) >= 11 is 11.7. The average Bonchev–Trinajstić information content (AvgIpc) is 2.66. The lowest BCUT2D eigenvalue weighted by molar-refractivity contribution is -0.158. The molecule has 4 saturated carbocycles. The van der Waals surface area contributed by atoms with Crippen LogP contribution >= 0.6 is 23.2 Å². The van der Waals surface area contributed by atoms with Crippen LogP contribution < -0.4 is 4.72 Å². The molecule has 0 amide bonds. The molecular formula is C21H25Cl2NO5S. The van der Waals surface area contributed by atoms with Crippen molar-refractivity contribution in [2.45, 2.75) is 56.4 Å². The molecule has 1 atom stereocenters. The van der Waals surface area contributed by atoms with E-state index in [4.69, 9.17) is 27.9 Å². The van der Waals surface area contributed by atoms with Crippen LogP contribution in [-0.2, 0) is 24.3 Å². The van der Waals surface area contributed by atoms with Crippen LogP contribution in [0.15, 0.2) is 23.1 Å². The normalized spacial score (nSPS) is 30.8.